The number of halogens is 1. The Morgan fingerprint density at radius 1 is 1.13 bits per heavy atom. The molecule has 23 heavy (non-hydrogen) atoms. The van der Waals surface area contributed by atoms with Gasteiger partial charge < -0.3 is 15.4 Å². The van der Waals surface area contributed by atoms with Crippen molar-refractivity contribution in [1.29, 1.82) is 0 Å². The molecular weight excluding hydrogens is 401 g/mol. The largest absolute Gasteiger partial charge is 0.380 e. The molecule has 0 amide bonds. The lowest BCUT2D eigenvalue weighted by molar-refractivity contribution is 0.136. The van der Waals surface area contributed by atoms with E-state index in [0.29, 0.717) is 6.61 Å². The number of aliphatic imine (C=N–C) groups is 1. The summed E-state index contributed by atoms with van der Waals surface area (Å²) in [5, 5.41) is 6.68. The fourth-order valence-electron chi connectivity index (χ4n) is 2.11. The Morgan fingerprint density at radius 2 is 1.83 bits per heavy atom. The van der Waals surface area contributed by atoms with Crippen molar-refractivity contribution < 1.29 is 4.74 Å². The molecule has 0 aromatic heterocycles. The third-order valence-electron chi connectivity index (χ3n) is 3.66. The first-order valence-corrected chi connectivity index (χ1v) is 8.18. The number of nitrogens with one attached hydrogen (secondary N) is 2. The van der Waals surface area contributed by atoms with Gasteiger partial charge in [-0.1, -0.05) is 57.5 Å². The molecule has 132 valence electrons. The zero-order valence-corrected chi connectivity index (χ0v) is 17.2. The third kappa shape index (κ3) is 9.15. The molecule has 0 bridgehead atoms. The SMILES string of the molecule is CCCCOCCNC(=NC)NCC(C)(C)c1ccccc1.I. The molecule has 4 nitrogen and oxygen atoms in total. The highest BCUT2D eigenvalue weighted by atomic mass is 127. The van der Waals surface area contributed by atoms with Crippen molar-refractivity contribution in [1.82, 2.24) is 10.6 Å². The summed E-state index contributed by atoms with van der Waals surface area (Å²) in [6.07, 6.45) is 2.30. The maximum atomic E-state index is 5.54. The number of nitrogens with zero attached hydrogens (tertiary/aromatic N) is 1. The van der Waals surface area contributed by atoms with Crippen LogP contribution in [0.25, 0.3) is 0 Å². The zero-order chi connectivity index (χ0) is 16.3. The Hall–Kier alpha value is -0.820. The summed E-state index contributed by atoms with van der Waals surface area (Å²) >= 11 is 0. The van der Waals surface area contributed by atoms with E-state index >= 15 is 0 Å². The molecule has 0 saturated carbocycles. The highest BCUT2D eigenvalue weighted by Crippen LogP contribution is 2.21. The summed E-state index contributed by atoms with van der Waals surface area (Å²) in [6.45, 7) is 9.78. The summed E-state index contributed by atoms with van der Waals surface area (Å²) in [5.74, 6) is 0.822. The molecule has 0 saturated heterocycles. The minimum Gasteiger partial charge on any atom is -0.380 e. The molecule has 0 fully saturated rings. The quantitative estimate of drug-likeness (QED) is 0.271. The van der Waals surface area contributed by atoms with Crippen molar-refractivity contribution >= 4 is 29.9 Å². The predicted molar refractivity (Wildman–Crippen MR) is 110 cm³/mol. The molecule has 1 rings (SSSR count). The first-order valence-electron chi connectivity index (χ1n) is 8.18. The Bertz CT molecular complexity index is 435. The molecule has 0 atom stereocenters. The molecule has 0 aliphatic rings. The second-order valence-electron chi connectivity index (χ2n) is 6.07. The van der Waals surface area contributed by atoms with Gasteiger partial charge in [0.1, 0.15) is 0 Å². The topological polar surface area (TPSA) is 45.6 Å². The summed E-state index contributed by atoms with van der Waals surface area (Å²) < 4.78 is 5.54. The van der Waals surface area contributed by atoms with Crippen LogP contribution in [0.1, 0.15) is 39.2 Å². The lowest BCUT2D eigenvalue weighted by Gasteiger charge is -2.26. The first-order chi connectivity index (χ1) is 10.6. The summed E-state index contributed by atoms with van der Waals surface area (Å²) in [7, 11) is 1.79. The van der Waals surface area contributed by atoms with E-state index < -0.39 is 0 Å². The van der Waals surface area contributed by atoms with E-state index in [4.69, 9.17) is 4.74 Å². The molecule has 0 spiro atoms. The number of benzene rings is 1. The van der Waals surface area contributed by atoms with Crippen molar-refractivity contribution in [3.63, 3.8) is 0 Å². The fraction of sp³-hybridized carbons (Fsp3) is 0.611. The van der Waals surface area contributed by atoms with Crippen molar-refractivity contribution in [2.75, 3.05) is 33.4 Å². The van der Waals surface area contributed by atoms with Crippen LogP contribution in [0.4, 0.5) is 0 Å². The van der Waals surface area contributed by atoms with E-state index in [2.05, 4.69) is 60.7 Å². The molecule has 2 N–H and O–H groups in total. The van der Waals surface area contributed by atoms with E-state index in [0.717, 1.165) is 32.1 Å². The van der Waals surface area contributed by atoms with Gasteiger partial charge in [-0.25, -0.2) is 0 Å². The van der Waals surface area contributed by atoms with Crippen LogP contribution in [-0.2, 0) is 10.2 Å². The van der Waals surface area contributed by atoms with E-state index in [-0.39, 0.29) is 29.4 Å². The number of hydrogen-bond donors (Lipinski definition) is 2. The molecule has 0 aliphatic carbocycles. The lowest BCUT2D eigenvalue weighted by atomic mass is 9.85. The highest BCUT2D eigenvalue weighted by molar-refractivity contribution is 14.0. The molecule has 5 heteroatoms. The Labute approximate surface area is 158 Å². The first kappa shape index (κ1) is 22.2. The molecule has 0 unspecified atom stereocenters. The van der Waals surface area contributed by atoms with Gasteiger partial charge in [0.2, 0.25) is 0 Å². The summed E-state index contributed by atoms with van der Waals surface area (Å²) in [4.78, 5) is 4.26. The van der Waals surface area contributed by atoms with Crippen molar-refractivity contribution in [3.05, 3.63) is 35.9 Å². The molecule has 0 aliphatic heterocycles. The number of guanidine groups is 1. The van der Waals surface area contributed by atoms with Gasteiger partial charge in [0.25, 0.3) is 0 Å². The van der Waals surface area contributed by atoms with E-state index in [1.165, 1.54) is 12.0 Å². The molecule has 0 radical (unpaired) electrons. The number of hydrogen-bond acceptors (Lipinski definition) is 2. The standard InChI is InChI=1S/C18H31N3O.HI/c1-5-6-13-22-14-12-20-17(19-4)21-15-18(2,3)16-10-8-7-9-11-16;/h7-11H,5-6,12-15H2,1-4H3,(H2,19,20,21);1H. The minimum absolute atomic E-state index is 0. The van der Waals surface area contributed by atoms with Gasteiger partial charge >= 0.3 is 0 Å². The smallest absolute Gasteiger partial charge is 0.191 e. The van der Waals surface area contributed by atoms with Crippen LogP contribution in [-0.4, -0.2) is 39.3 Å². The van der Waals surface area contributed by atoms with Crippen molar-refractivity contribution in [3.8, 4) is 0 Å². The zero-order valence-electron chi connectivity index (χ0n) is 14.9. The van der Waals surface area contributed by atoms with Crippen LogP contribution >= 0.6 is 24.0 Å². The average molecular weight is 433 g/mol. The van der Waals surface area contributed by atoms with Crippen LogP contribution < -0.4 is 10.6 Å². The van der Waals surface area contributed by atoms with Crippen molar-refractivity contribution in [2.24, 2.45) is 4.99 Å². The van der Waals surface area contributed by atoms with Crippen LogP contribution in [0.2, 0.25) is 0 Å². The van der Waals surface area contributed by atoms with Gasteiger partial charge in [-0.3, -0.25) is 4.99 Å². The van der Waals surface area contributed by atoms with Gasteiger partial charge in [-0.15, -0.1) is 24.0 Å². The summed E-state index contributed by atoms with van der Waals surface area (Å²) in [6, 6.07) is 10.5. The van der Waals surface area contributed by atoms with E-state index in [9.17, 15) is 0 Å². The third-order valence-corrected chi connectivity index (χ3v) is 3.66. The number of unbranched alkanes of at least 4 members (excludes halogenated alkanes) is 1. The van der Waals surface area contributed by atoms with Crippen LogP contribution in [0.5, 0.6) is 0 Å². The minimum atomic E-state index is 0. The van der Waals surface area contributed by atoms with Gasteiger partial charge in [0, 0.05) is 32.2 Å². The normalized spacial score (nSPS) is 11.7. The van der Waals surface area contributed by atoms with Gasteiger partial charge in [0.05, 0.1) is 6.61 Å². The Balaban J connectivity index is 0.00000484. The Morgan fingerprint density at radius 3 is 2.43 bits per heavy atom. The fourth-order valence-corrected chi connectivity index (χ4v) is 2.11. The van der Waals surface area contributed by atoms with Crippen LogP contribution in [0.15, 0.2) is 35.3 Å². The predicted octanol–water partition coefficient (Wildman–Crippen LogP) is 3.56. The van der Waals surface area contributed by atoms with E-state index in [1.807, 2.05) is 6.07 Å². The van der Waals surface area contributed by atoms with Gasteiger partial charge in [-0.2, -0.15) is 0 Å². The highest BCUT2D eigenvalue weighted by Gasteiger charge is 2.20. The van der Waals surface area contributed by atoms with Gasteiger partial charge in [-0.05, 0) is 12.0 Å². The Kier molecular flexibility index (Phi) is 12.1. The maximum Gasteiger partial charge on any atom is 0.191 e. The summed E-state index contributed by atoms with van der Waals surface area (Å²) in [5.41, 5.74) is 1.37. The number of rotatable bonds is 9. The monoisotopic (exact) mass is 433 g/mol. The molecule has 1 aromatic rings. The second-order valence-corrected chi connectivity index (χ2v) is 6.07. The maximum absolute atomic E-state index is 5.54. The van der Waals surface area contributed by atoms with Crippen molar-refractivity contribution in [2.45, 2.75) is 39.0 Å². The van der Waals surface area contributed by atoms with E-state index in [1.54, 1.807) is 7.05 Å². The molecular formula is C18H32IN3O. The lowest BCUT2D eigenvalue weighted by Crippen LogP contribution is -2.44. The average Bonchev–Trinajstić information content (AvgIpc) is 2.54. The molecule has 0 heterocycles. The second kappa shape index (κ2) is 12.6. The molecule has 1 aromatic carbocycles. The van der Waals surface area contributed by atoms with Crippen LogP contribution in [0, 0.1) is 0 Å². The van der Waals surface area contributed by atoms with Gasteiger partial charge in [0.15, 0.2) is 5.96 Å². The number of ether oxygens (including phenoxy) is 1. The van der Waals surface area contributed by atoms with Crippen LogP contribution in [0.3, 0.4) is 0 Å².